The molecule has 0 radical (unpaired) electrons. The summed E-state index contributed by atoms with van der Waals surface area (Å²) in [5.41, 5.74) is 0.0725. The zero-order valence-corrected chi connectivity index (χ0v) is 23.0. The number of hydrogen-bond acceptors (Lipinski definition) is 5. The third-order valence-corrected chi connectivity index (χ3v) is 8.25. The number of likely N-dealkylation sites (tertiary alicyclic amines) is 1. The van der Waals surface area contributed by atoms with Crippen molar-refractivity contribution in [2.24, 2.45) is 0 Å². The van der Waals surface area contributed by atoms with Gasteiger partial charge in [0.25, 0.3) is 11.8 Å². The quantitative estimate of drug-likeness (QED) is 0.350. The van der Waals surface area contributed by atoms with Gasteiger partial charge in [0.15, 0.2) is 5.60 Å². The lowest BCUT2D eigenvalue weighted by Crippen LogP contribution is -2.51. The number of carbonyl (C=O) groups excluding carboxylic acids is 2. The molecule has 1 aromatic heterocycles. The van der Waals surface area contributed by atoms with Crippen LogP contribution in [0, 0.1) is 0 Å². The third-order valence-electron chi connectivity index (χ3n) is 6.07. The van der Waals surface area contributed by atoms with E-state index < -0.39 is 5.60 Å². The molecule has 6 nitrogen and oxygen atoms in total. The molecule has 2 aromatic carbocycles. The number of halogens is 3. The number of benzene rings is 2. The Morgan fingerprint density at radius 1 is 1.08 bits per heavy atom. The second-order valence-electron chi connectivity index (χ2n) is 9.08. The first-order chi connectivity index (χ1) is 17.2. The van der Waals surface area contributed by atoms with Crippen LogP contribution in [-0.4, -0.2) is 40.4 Å². The number of carbonyl (C=O) groups is 2. The molecule has 4 rings (SSSR count). The van der Waals surface area contributed by atoms with Gasteiger partial charge in [0.1, 0.15) is 11.4 Å². The van der Waals surface area contributed by atoms with Crippen LogP contribution in [0.15, 0.2) is 47.8 Å². The summed E-state index contributed by atoms with van der Waals surface area (Å²) in [6, 6.07) is 12.4. The second kappa shape index (κ2) is 11.4. The number of nitrogens with one attached hydrogen (secondary N) is 1. The van der Waals surface area contributed by atoms with Crippen molar-refractivity contribution < 1.29 is 14.3 Å². The molecule has 0 bridgehead atoms. The number of thiazole rings is 1. The molecule has 1 N–H and O–H groups in total. The highest BCUT2D eigenvalue weighted by Crippen LogP contribution is 2.33. The second-order valence-corrected chi connectivity index (χ2v) is 11.2. The lowest BCUT2D eigenvalue weighted by molar-refractivity contribution is -0.146. The number of hydrogen-bond donors (Lipinski definition) is 1. The Hall–Kier alpha value is -2.32. The predicted octanol–water partition coefficient (Wildman–Crippen LogP) is 6.60. The van der Waals surface area contributed by atoms with Crippen LogP contribution in [0.4, 0.5) is 0 Å². The van der Waals surface area contributed by atoms with Gasteiger partial charge in [-0.15, -0.1) is 11.3 Å². The van der Waals surface area contributed by atoms with Gasteiger partial charge in [-0.1, -0.05) is 59.1 Å². The van der Waals surface area contributed by atoms with Crippen molar-refractivity contribution in [1.29, 1.82) is 0 Å². The molecule has 0 aliphatic carbocycles. The molecule has 1 aliphatic heterocycles. The van der Waals surface area contributed by atoms with Gasteiger partial charge in [0, 0.05) is 30.9 Å². The highest BCUT2D eigenvalue weighted by molar-refractivity contribution is 7.09. The highest BCUT2D eigenvalue weighted by Gasteiger charge is 2.37. The van der Waals surface area contributed by atoms with E-state index in [2.05, 4.69) is 10.3 Å². The fourth-order valence-electron chi connectivity index (χ4n) is 4.09. The largest absolute Gasteiger partial charge is 0.476 e. The number of amides is 2. The number of rotatable bonds is 7. The summed E-state index contributed by atoms with van der Waals surface area (Å²) in [4.78, 5) is 32.2. The summed E-state index contributed by atoms with van der Waals surface area (Å²) >= 11 is 19.9. The lowest BCUT2D eigenvalue weighted by Gasteiger charge is -2.36. The molecule has 1 fully saturated rings. The zero-order valence-electron chi connectivity index (χ0n) is 19.9. The Morgan fingerprint density at radius 2 is 1.78 bits per heavy atom. The lowest BCUT2D eigenvalue weighted by atomic mass is 9.96. The summed E-state index contributed by atoms with van der Waals surface area (Å²) in [6.07, 6.45) is 1.53. The van der Waals surface area contributed by atoms with Crippen LogP contribution in [0.25, 0.3) is 0 Å². The predicted molar refractivity (Wildman–Crippen MR) is 144 cm³/mol. The van der Waals surface area contributed by atoms with E-state index in [0.717, 1.165) is 23.4 Å². The summed E-state index contributed by atoms with van der Waals surface area (Å²) in [7, 11) is 0. The van der Waals surface area contributed by atoms with Crippen molar-refractivity contribution in [2.45, 2.75) is 44.8 Å². The Bertz CT molecular complexity index is 1260. The number of aromatic nitrogens is 1. The average molecular weight is 567 g/mol. The van der Waals surface area contributed by atoms with Crippen LogP contribution < -0.4 is 10.1 Å². The highest BCUT2D eigenvalue weighted by atomic mass is 35.5. The van der Waals surface area contributed by atoms with Gasteiger partial charge in [0.05, 0.1) is 20.1 Å². The summed E-state index contributed by atoms with van der Waals surface area (Å²) < 4.78 is 5.96. The average Bonchev–Trinajstić information content (AvgIpc) is 3.36. The number of para-hydroxylation sites is 1. The van der Waals surface area contributed by atoms with E-state index in [9.17, 15) is 9.59 Å². The molecule has 2 amide bonds. The van der Waals surface area contributed by atoms with E-state index in [0.29, 0.717) is 39.6 Å². The summed E-state index contributed by atoms with van der Waals surface area (Å²) in [5, 5.41) is 6.86. The van der Waals surface area contributed by atoms with Crippen molar-refractivity contribution in [3.05, 3.63) is 79.2 Å². The Kier molecular flexibility index (Phi) is 8.45. The fraction of sp³-hybridized carbons (Fsp3) is 0.346. The Labute approximate surface area is 229 Å². The van der Waals surface area contributed by atoms with E-state index >= 15 is 0 Å². The van der Waals surface area contributed by atoms with Crippen molar-refractivity contribution in [3.63, 3.8) is 0 Å². The number of nitrogens with zero attached hydrogens (tertiary/aromatic N) is 2. The standard InChI is InChI=1S/C26H26Cl3N3O3S/c1-26(2,35-21-9-4-3-7-18(21)27)25(34)32-12-10-16(11-13-32)24-31-20(15-36-24)23(33)30-14-17-6-5-8-19(28)22(17)29/h3-9,15-16H,10-14H2,1-2H3,(H,30,33). The molecule has 2 heterocycles. The fourth-order valence-corrected chi connectivity index (χ4v) is 5.62. The first-order valence-electron chi connectivity index (χ1n) is 11.5. The van der Waals surface area contributed by atoms with Crippen LogP contribution in [0.5, 0.6) is 5.75 Å². The zero-order chi connectivity index (χ0) is 25.9. The molecular formula is C26H26Cl3N3O3S. The SMILES string of the molecule is CC(C)(Oc1ccccc1Cl)C(=O)N1CCC(c2nc(C(=O)NCc3cccc(Cl)c3Cl)cs2)CC1. The topological polar surface area (TPSA) is 71.5 Å². The van der Waals surface area contributed by atoms with Gasteiger partial charge in [-0.25, -0.2) is 4.98 Å². The van der Waals surface area contributed by atoms with Crippen LogP contribution in [0.2, 0.25) is 15.1 Å². The van der Waals surface area contributed by atoms with E-state index in [1.165, 1.54) is 11.3 Å². The summed E-state index contributed by atoms with van der Waals surface area (Å²) in [5.74, 6) is 0.327. The van der Waals surface area contributed by atoms with Gasteiger partial charge in [0.2, 0.25) is 0 Å². The molecule has 1 aliphatic rings. The number of ether oxygens (including phenoxy) is 1. The van der Waals surface area contributed by atoms with Gasteiger partial charge in [-0.05, 0) is 50.5 Å². The van der Waals surface area contributed by atoms with E-state index in [1.54, 1.807) is 43.5 Å². The Morgan fingerprint density at radius 3 is 2.50 bits per heavy atom. The van der Waals surface area contributed by atoms with Gasteiger partial charge >= 0.3 is 0 Å². The van der Waals surface area contributed by atoms with Crippen molar-refractivity contribution >= 4 is 58.0 Å². The monoisotopic (exact) mass is 565 g/mol. The van der Waals surface area contributed by atoms with Crippen molar-refractivity contribution in [3.8, 4) is 5.75 Å². The summed E-state index contributed by atoms with van der Waals surface area (Å²) in [6.45, 7) is 4.96. The molecule has 0 unspecified atom stereocenters. The van der Waals surface area contributed by atoms with Crippen LogP contribution in [0.1, 0.15) is 53.7 Å². The first kappa shape index (κ1) is 26.7. The normalized spacial score (nSPS) is 14.5. The third kappa shape index (κ3) is 6.14. The maximum atomic E-state index is 13.2. The van der Waals surface area contributed by atoms with E-state index in [1.807, 2.05) is 23.1 Å². The van der Waals surface area contributed by atoms with Gasteiger partial charge in [-0.2, -0.15) is 0 Å². The smallest absolute Gasteiger partial charge is 0.271 e. The van der Waals surface area contributed by atoms with Crippen molar-refractivity contribution in [1.82, 2.24) is 15.2 Å². The van der Waals surface area contributed by atoms with Crippen molar-refractivity contribution in [2.75, 3.05) is 13.1 Å². The minimum atomic E-state index is -1.05. The maximum Gasteiger partial charge on any atom is 0.271 e. The molecular weight excluding hydrogens is 541 g/mol. The molecule has 3 aromatic rings. The van der Waals surface area contributed by atoms with Crippen LogP contribution in [0.3, 0.4) is 0 Å². The number of piperidine rings is 1. The molecule has 36 heavy (non-hydrogen) atoms. The molecule has 10 heteroatoms. The minimum absolute atomic E-state index is 0.0836. The molecule has 1 saturated heterocycles. The van der Waals surface area contributed by atoms with Crippen LogP contribution in [-0.2, 0) is 11.3 Å². The molecule has 0 spiro atoms. The molecule has 190 valence electrons. The molecule has 0 atom stereocenters. The molecule has 0 saturated carbocycles. The van der Waals surface area contributed by atoms with Crippen LogP contribution >= 0.6 is 46.1 Å². The van der Waals surface area contributed by atoms with E-state index in [4.69, 9.17) is 39.5 Å². The van der Waals surface area contributed by atoms with Gasteiger partial charge in [-0.3, -0.25) is 9.59 Å². The maximum absolute atomic E-state index is 13.2. The first-order valence-corrected chi connectivity index (χ1v) is 13.6. The van der Waals surface area contributed by atoms with Gasteiger partial charge < -0.3 is 15.0 Å². The minimum Gasteiger partial charge on any atom is -0.476 e. The Balaban J connectivity index is 1.31. The van der Waals surface area contributed by atoms with E-state index in [-0.39, 0.29) is 24.3 Å².